The molecule has 11 heteroatoms. The minimum Gasteiger partial charge on any atom is -0.756 e. The average Bonchev–Trinajstić information content (AvgIpc) is 3.94. The van der Waals surface area contributed by atoms with E-state index < -0.39 is 32.5 Å². The van der Waals surface area contributed by atoms with Gasteiger partial charge in [0.1, 0.15) is 19.8 Å². The van der Waals surface area contributed by atoms with Gasteiger partial charge in [-0.05, 0) is 83.5 Å². The van der Waals surface area contributed by atoms with Gasteiger partial charge in [0.15, 0.2) is 6.10 Å². The molecule has 10 nitrogen and oxygen atoms in total. The Kier molecular flexibility index (Phi) is 32.6. The number of hydrogen-bond donors (Lipinski definition) is 0. The number of likely N-dealkylation sites (N-methyl/N-ethyl adjacent to an activating group) is 1. The van der Waals surface area contributed by atoms with Crippen molar-refractivity contribution in [2.45, 2.75) is 148 Å². The molecule has 0 radical (unpaired) electrons. The lowest BCUT2D eigenvalue weighted by molar-refractivity contribution is -0.870. The molecule has 0 bridgehead atoms. The van der Waals surface area contributed by atoms with E-state index in [0.29, 0.717) is 36.1 Å². The number of esters is 2. The zero-order valence-electron chi connectivity index (χ0n) is 37.1. The fourth-order valence-corrected chi connectivity index (χ4v) is 6.23. The van der Waals surface area contributed by atoms with Gasteiger partial charge in [-0.15, -0.1) is 0 Å². The number of carbonyl (C=O) groups is 2. The van der Waals surface area contributed by atoms with Crippen molar-refractivity contribution in [3.05, 3.63) is 97.2 Å². The van der Waals surface area contributed by atoms with Gasteiger partial charge in [0.2, 0.25) is 0 Å². The van der Waals surface area contributed by atoms with Crippen LogP contribution in [0.1, 0.15) is 129 Å². The molecule has 1 aliphatic rings. The van der Waals surface area contributed by atoms with Crippen molar-refractivity contribution in [1.82, 2.24) is 0 Å². The van der Waals surface area contributed by atoms with Gasteiger partial charge in [-0.3, -0.25) is 14.2 Å². The molecule has 1 aliphatic heterocycles. The molecule has 0 N–H and O–H groups in total. The molecule has 334 valence electrons. The minimum absolute atomic E-state index is 0.0534. The van der Waals surface area contributed by atoms with Crippen molar-refractivity contribution in [2.75, 3.05) is 47.5 Å². The third-order valence-electron chi connectivity index (χ3n) is 9.02. The van der Waals surface area contributed by atoms with Crippen LogP contribution in [0, 0.1) is 0 Å². The number of carbonyl (C=O) groups excluding carboxylic acids is 2. The molecule has 0 aliphatic carbocycles. The third kappa shape index (κ3) is 36.5. The molecule has 0 aromatic carbocycles. The predicted molar refractivity (Wildman–Crippen MR) is 239 cm³/mol. The Morgan fingerprint density at radius 2 is 1.10 bits per heavy atom. The number of rotatable bonds is 37. The minimum atomic E-state index is -4.66. The summed E-state index contributed by atoms with van der Waals surface area (Å²) in [5.41, 5.74) is 0. The monoisotopic (exact) mass is 844 g/mol. The van der Waals surface area contributed by atoms with Crippen molar-refractivity contribution in [3.8, 4) is 0 Å². The quantitative estimate of drug-likeness (QED) is 0.0150. The zero-order chi connectivity index (χ0) is 43.3. The first-order valence-electron chi connectivity index (χ1n) is 22.1. The maximum Gasteiger partial charge on any atom is 0.306 e. The van der Waals surface area contributed by atoms with Crippen LogP contribution in [-0.2, 0) is 37.4 Å². The molecule has 0 aromatic rings. The highest BCUT2D eigenvalue weighted by Gasteiger charge is 2.36. The van der Waals surface area contributed by atoms with Crippen LogP contribution in [0.15, 0.2) is 97.2 Å². The van der Waals surface area contributed by atoms with Crippen molar-refractivity contribution in [3.63, 3.8) is 0 Å². The van der Waals surface area contributed by atoms with Crippen molar-refractivity contribution in [2.24, 2.45) is 0 Å². The second-order valence-corrected chi connectivity index (χ2v) is 17.1. The van der Waals surface area contributed by atoms with Gasteiger partial charge in [0.05, 0.1) is 40.0 Å². The van der Waals surface area contributed by atoms with Crippen LogP contribution in [0.3, 0.4) is 0 Å². The summed E-state index contributed by atoms with van der Waals surface area (Å²) in [7, 11) is 1.09. The van der Waals surface area contributed by atoms with E-state index >= 15 is 0 Å². The molecule has 0 amide bonds. The van der Waals surface area contributed by atoms with Crippen LogP contribution in [0.5, 0.6) is 0 Å². The van der Waals surface area contributed by atoms with E-state index in [9.17, 15) is 19.0 Å². The zero-order valence-corrected chi connectivity index (χ0v) is 38.0. The number of ether oxygens (including phenoxy) is 3. The molecule has 1 rings (SSSR count). The summed E-state index contributed by atoms with van der Waals surface area (Å²) in [6, 6.07) is 0. The first kappa shape index (κ1) is 53.9. The van der Waals surface area contributed by atoms with Crippen molar-refractivity contribution in [1.29, 1.82) is 0 Å². The summed E-state index contributed by atoms with van der Waals surface area (Å²) >= 11 is 0. The van der Waals surface area contributed by atoms with E-state index in [1.165, 1.54) is 0 Å². The van der Waals surface area contributed by atoms with E-state index in [0.717, 1.165) is 89.9 Å². The van der Waals surface area contributed by atoms with E-state index in [4.69, 9.17) is 23.3 Å². The van der Waals surface area contributed by atoms with E-state index in [1.54, 1.807) is 0 Å². The maximum atomic E-state index is 12.7. The Hall–Kier alpha value is -3.11. The molecule has 0 saturated carbocycles. The molecular formula is C48H78NO9P. The highest BCUT2D eigenvalue weighted by atomic mass is 31.2. The molecule has 1 saturated heterocycles. The Morgan fingerprint density at radius 1 is 0.610 bits per heavy atom. The standard InChI is InChI=1S/C48H78NO9P/c1-6-8-10-11-12-13-14-15-16-17-22-25-28-31-35-39-48(51)57-44(43-56-59(52,53)55-41-40-49(3,4)5)42-54-47(50)38-34-30-27-24-21-19-18-20-23-26-29-33-37-46-45(58-46)36-32-9-7-2/h8-10,12-13,15-16,19-21,23,27,29-30,32-33,44-46H,6-7,11,14,17-18,22,24-26,28,31,34-43H2,1-5H3/b10-8-,13-12-,16-15-,21-19-,23-20-,30-27-,32-9-,33-29-/t44-,45?,46?/m1/s1. The lowest BCUT2D eigenvalue weighted by atomic mass is 10.1. The van der Waals surface area contributed by atoms with Crippen LogP contribution >= 0.6 is 7.82 Å². The fraction of sp³-hybridized carbons (Fsp3) is 0.625. The summed E-state index contributed by atoms with van der Waals surface area (Å²) in [4.78, 5) is 37.5. The number of unbranched alkanes of at least 4 members (excludes halogenated alkanes) is 5. The first-order chi connectivity index (χ1) is 28.5. The Bertz CT molecular complexity index is 1390. The number of nitrogens with zero attached hydrogens (tertiary/aromatic N) is 1. The van der Waals surface area contributed by atoms with Gasteiger partial charge in [-0.25, -0.2) is 0 Å². The molecule has 59 heavy (non-hydrogen) atoms. The number of quaternary nitrogens is 1. The molecular weight excluding hydrogens is 766 g/mol. The maximum absolute atomic E-state index is 12.7. The van der Waals surface area contributed by atoms with Gasteiger partial charge in [0.25, 0.3) is 7.82 Å². The normalized spacial score (nSPS) is 17.9. The molecule has 0 spiro atoms. The number of phosphoric ester groups is 1. The van der Waals surface area contributed by atoms with Crippen LogP contribution in [0.25, 0.3) is 0 Å². The van der Waals surface area contributed by atoms with Crippen molar-refractivity contribution >= 4 is 19.8 Å². The summed E-state index contributed by atoms with van der Waals surface area (Å²) in [5.74, 6) is -0.968. The molecule has 1 fully saturated rings. The lowest BCUT2D eigenvalue weighted by Gasteiger charge is -2.28. The van der Waals surface area contributed by atoms with Gasteiger partial charge in [-0.1, -0.05) is 130 Å². The van der Waals surface area contributed by atoms with Crippen LogP contribution < -0.4 is 4.89 Å². The first-order valence-corrected chi connectivity index (χ1v) is 23.5. The summed E-state index contributed by atoms with van der Waals surface area (Å²) < 4.78 is 39.5. The Labute approximate surface area is 358 Å². The highest BCUT2D eigenvalue weighted by molar-refractivity contribution is 7.45. The molecule has 4 atom stereocenters. The van der Waals surface area contributed by atoms with Gasteiger partial charge in [0, 0.05) is 12.8 Å². The second kappa shape index (κ2) is 35.6. The number of phosphoric acid groups is 1. The van der Waals surface area contributed by atoms with Crippen LogP contribution in [0.2, 0.25) is 0 Å². The third-order valence-corrected chi connectivity index (χ3v) is 9.98. The lowest BCUT2D eigenvalue weighted by Crippen LogP contribution is -2.37. The molecule has 0 aromatic heterocycles. The number of hydrogen-bond acceptors (Lipinski definition) is 9. The van der Waals surface area contributed by atoms with Gasteiger partial charge < -0.3 is 32.6 Å². The van der Waals surface area contributed by atoms with Gasteiger partial charge >= 0.3 is 11.9 Å². The Morgan fingerprint density at radius 3 is 1.69 bits per heavy atom. The highest BCUT2D eigenvalue weighted by Crippen LogP contribution is 2.38. The summed E-state index contributed by atoms with van der Waals surface area (Å²) in [6.45, 7) is 3.85. The summed E-state index contributed by atoms with van der Waals surface area (Å²) in [6.07, 6.45) is 49.2. The van der Waals surface area contributed by atoms with E-state index in [-0.39, 0.29) is 26.1 Å². The van der Waals surface area contributed by atoms with Crippen molar-refractivity contribution < 1.29 is 46.8 Å². The van der Waals surface area contributed by atoms with Gasteiger partial charge in [-0.2, -0.15) is 0 Å². The topological polar surface area (TPSA) is 124 Å². The SMILES string of the molecule is CC/C=C\C/C=C\C/C=C\CCCCCCCC(=O)O[C@H](COC(=O)CC/C=C\C/C=C\C/C=C\C/C=C\CC1OC1C/C=C\CC)COP(=O)([O-])OCC[N+](C)(C)C. The second-order valence-electron chi connectivity index (χ2n) is 15.7. The van der Waals surface area contributed by atoms with E-state index in [2.05, 4.69) is 98.9 Å². The smallest absolute Gasteiger partial charge is 0.306 e. The largest absolute Gasteiger partial charge is 0.756 e. The number of epoxide rings is 1. The van der Waals surface area contributed by atoms with Crippen LogP contribution in [0.4, 0.5) is 0 Å². The van der Waals surface area contributed by atoms with Crippen LogP contribution in [-0.4, -0.2) is 82.2 Å². The predicted octanol–water partition coefficient (Wildman–Crippen LogP) is 10.9. The average molecular weight is 844 g/mol. The Balaban J connectivity index is 2.34. The molecule has 3 unspecified atom stereocenters. The molecule has 1 heterocycles. The summed E-state index contributed by atoms with van der Waals surface area (Å²) in [5, 5.41) is 0. The van der Waals surface area contributed by atoms with E-state index in [1.807, 2.05) is 33.3 Å². The fourth-order valence-electron chi connectivity index (χ4n) is 5.50. The number of allylic oxidation sites excluding steroid dienone is 14.